The quantitative estimate of drug-likeness (QED) is 0.410. The minimum atomic E-state index is -1.11. The van der Waals surface area contributed by atoms with E-state index in [1.54, 1.807) is 20.3 Å². The molecule has 1 fully saturated rings. The van der Waals surface area contributed by atoms with Gasteiger partial charge in [-0.1, -0.05) is 6.92 Å². The van der Waals surface area contributed by atoms with Gasteiger partial charge in [-0.15, -0.1) is 16.4 Å². The summed E-state index contributed by atoms with van der Waals surface area (Å²) >= 11 is 1.45. The minimum absolute atomic E-state index is 0.0168. The number of carbonyl (C=O) groups is 2. The lowest BCUT2D eigenvalue weighted by atomic mass is 9.82. The minimum Gasteiger partial charge on any atom is -0.477 e. The Morgan fingerprint density at radius 1 is 1.17 bits per heavy atom. The number of aromatic carboxylic acids is 1. The summed E-state index contributed by atoms with van der Waals surface area (Å²) < 4.78 is 3.26. The van der Waals surface area contributed by atoms with Gasteiger partial charge in [-0.25, -0.2) is 19.0 Å². The van der Waals surface area contributed by atoms with Gasteiger partial charge in [-0.05, 0) is 63.6 Å². The van der Waals surface area contributed by atoms with Gasteiger partial charge in [0.2, 0.25) is 5.91 Å². The van der Waals surface area contributed by atoms with Crippen molar-refractivity contribution in [1.82, 2.24) is 24.4 Å². The predicted molar refractivity (Wildman–Crippen MR) is 134 cm³/mol. The summed E-state index contributed by atoms with van der Waals surface area (Å²) in [5.74, 6) is -0.425. The number of hydrogen-bond acceptors (Lipinski definition) is 6. The lowest BCUT2D eigenvalue weighted by molar-refractivity contribution is -0.123. The second-order valence-electron chi connectivity index (χ2n) is 9.46. The monoisotopic (exact) mass is 492 g/mol. The Bertz CT molecular complexity index is 1350. The Morgan fingerprint density at radius 2 is 1.94 bits per heavy atom. The molecule has 5 rings (SSSR count). The number of nitrogens with zero attached hydrogens (tertiary/aromatic N) is 6. The summed E-state index contributed by atoms with van der Waals surface area (Å²) in [7, 11) is 0. The van der Waals surface area contributed by atoms with Crippen LogP contribution < -0.4 is 4.90 Å². The molecule has 0 radical (unpaired) electrons. The molecule has 9 nitrogen and oxygen atoms in total. The van der Waals surface area contributed by atoms with Gasteiger partial charge in [0.05, 0.1) is 4.88 Å². The van der Waals surface area contributed by atoms with E-state index in [0.717, 1.165) is 46.9 Å². The molecule has 35 heavy (non-hydrogen) atoms. The lowest BCUT2D eigenvalue weighted by Gasteiger charge is -2.32. The predicted octanol–water partition coefficient (Wildman–Crippen LogP) is 4.91. The van der Waals surface area contributed by atoms with Gasteiger partial charge in [0.1, 0.15) is 16.3 Å². The van der Waals surface area contributed by atoms with Crippen molar-refractivity contribution in [1.29, 1.82) is 0 Å². The molecule has 1 amide bonds. The van der Waals surface area contributed by atoms with Crippen LogP contribution >= 0.6 is 11.3 Å². The first-order valence-corrected chi connectivity index (χ1v) is 12.7. The number of carbonyl (C=O) groups excluding carboxylic acids is 1. The molecule has 0 atom stereocenters. The van der Waals surface area contributed by atoms with Gasteiger partial charge >= 0.3 is 5.97 Å². The number of amides is 1. The van der Waals surface area contributed by atoms with E-state index in [-0.39, 0.29) is 29.2 Å². The molecule has 0 aliphatic heterocycles. The van der Waals surface area contributed by atoms with E-state index < -0.39 is 5.97 Å². The van der Waals surface area contributed by atoms with E-state index in [1.165, 1.54) is 17.5 Å². The largest absolute Gasteiger partial charge is 0.477 e. The molecular formula is C25H28N6O3S. The topological polar surface area (TPSA) is 106 Å². The zero-order valence-corrected chi connectivity index (χ0v) is 20.8. The number of aromatic nitrogens is 5. The summed E-state index contributed by atoms with van der Waals surface area (Å²) in [6.45, 7) is 6.01. The Kier molecular flexibility index (Phi) is 6.14. The average Bonchev–Trinajstić information content (AvgIpc) is 3.57. The molecule has 4 heterocycles. The molecule has 0 spiro atoms. The summed E-state index contributed by atoms with van der Waals surface area (Å²) in [4.78, 5) is 32.5. The standard InChI is InChI=1S/C25H28N6O3S/c1-15(2)31(24(32)17-7-5-16(3)6-8-17)23-18(25(33)34)14-30(28-23)22-10-9-20(35-22)19-13-21-26-11-4-12-29(21)27-19/h4,9-17H,5-8H2,1-3H3,(H,33,34)/t16-,17-. The normalized spacial score (nSPS) is 18.3. The third-order valence-electron chi connectivity index (χ3n) is 6.58. The average molecular weight is 493 g/mol. The van der Waals surface area contributed by atoms with E-state index in [0.29, 0.717) is 5.92 Å². The molecule has 0 aromatic carbocycles. The second-order valence-corrected chi connectivity index (χ2v) is 10.5. The van der Waals surface area contributed by atoms with Gasteiger partial charge < -0.3 is 5.11 Å². The fourth-order valence-corrected chi connectivity index (χ4v) is 5.54. The summed E-state index contributed by atoms with van der Waals surface area (Å²) in [5.41, 5.74) is 1.54. The first-order chi connectivity index (χ1) is 16.8. The summed E-state index contributed by atoms with van der Waals surface area (Å²) in [5, 5.41) is 19.9. The van der Waals surface area contributed by atoms with Crippen LogP contribution in [0.3, 0.4) is 0 Å². The van der Waals surface area contributed by atoms with Crippen molar-refractivity contribution in [2.24, 2.45) is 11.8 Å². The van der Waals surface area contributed by atoms with Crippen molar-refractivity contribution in [2.45, 2.75) is 52.5 Å². The van der Waals surface area contributed by atoms with Crippen molar-refractivity contribution in [2.75, 3.05) is 4.90 Å². The molecule has 1 aliphatic rings. The SMILES string of the molecule is CC(C)N(c1nn(-c2ccc(-c3cc4ncccn4n3)s2)cc1C(=O)O)C(=O)[C@H]1CC[C@H](C)CC1. The molecule has 1 aliphatic carbocycles. The number of rotatable bonds is 6. The van der Waals surface area contributed by atoms with Crippen LogP contribution in [-0.2, 0) is 4.79 Å². The van der Waals surface area contributed by atoms with Crippen molar-refractivity contribution in [3.63, 3.8) is 0 Å². The van der Waals surface area contributed by atoms with E-state index in [1.807, 2.05) is 44.3 Å². The summed E-state index contributed by atoms with van der Waals surface area (Å²) in [6, 6.07) is 7.31. The highest BCUT2D eigenvalue weighted by Crippen LogP contribution is 2.34. The van der Waals surface area contributed by atoms with Gasteiger partial charge in [0.15, 0.2) is 11.5 Å². The van der Waals surface area contributed by atoms with Gasteiger partial charge in [-0.3, -0.25) is 9.69 Å². The fraction of sp³-hybridized carbons (Fsp3) is 0.400. The Balaban J connectivity index is 1.48. The van der Waals surface area contributed by atoms with Crippen LogP contribution in [0, 0.1) is 11.8 Å². The zero-order chi connectivity index (χ0) is 24.7. The highest BCUT2D eigenvalue weighted by Gasteiger charge is 2.34. The van der Waals surface area contributed by atoms with Crippen LogP contribution in [0.2, 0.25) is 0 Å². The third-order valence-corrected chi connectivity index (χ3v) is 7.68. The molecular weight excluding hydrogens is 464 g/mol. The van der Waals surface area contributed by atoms with E-state index >= 15 is 0 Å². The third kappa shape index (κ3) is 4.45. The van der Waals surface area contributed by atoms with Gasteiger partial charge in [-0.2, -0.15) is 5.10 Å². The number of fused-ring (bicyclic) bond motifs is 1. The van der Waals surface area contributed by atoms with Crippen LogP contribution in [0.4, 0.5) is 5.82 Å². The Hall–Kier alpha value is -3.53. The molecule has 4 aromatic heterocycles. The number of anilines is 1. The fourth-order valence-electron chi connectivity index (χ4n) is 4.65. The van der Waals surface area contributed by atoms with Crippen molar-refractivity contribution < 1.29 is 14.7 Å². The van der Waals surface area contributed by atoms with Crippen molar-refractivity contribution in [3.05, 3.63) is 48.4 Å². The van der Waals surface area contributed by atoms with Crippen LogP contribution in [0.1, 0.15) is 56.8 Å². The number of hydrogen-bond donors (Lipinski definition) is 1. The number of carboxylic acid groups (broad SMARTS) is 1. The van der Waals surface area contributed by atoms with Gasteiger partial charge in [0.25, 0.3) is 0 Å². The second kappa shape index (κ2) is 9.26. The molecule has 0 saturated heterocycles. The molecule has 4 aromatic rings. The van der Waals surface area contributed by atoms with Crippen LogP contribution in [0.15, 0.2) is 42.9 Å². The smallest absolute Gasteiger partial charge is 0.341 e. The molecule has 182 valence electrons. The first-order valence-electron chi connectivity index (χ1n) is 11.9. The molecule has 1 saturated carbocycles. The zero-order valence-electron chi connectivity index (χ0n) is 20.0. The van der Waals surface area contributed by atoms with Gasteiger partial charge in [0, 0.05) is 36.6 Å². The number of thiophene rings is 1. The molecule has 10 heteroatoms. The van der Waals surface area contributed by atoms with Crippen LogP contribution in [0.5, 0.6) is 0 Å². The Morgan fingerprint density at radius 3 is 2.63 bits per heavy atom. The maximum absolute atomic E-state index is 13.5. The summed E-state index contributed by atoms with van der Waals surface area (Å²) in [6.07, 6.45) is 8.73. The lowest BCUT2D eigenvalue weighted by Crippen LogP contribution is -2.43. The molecule has 1 N–H and O–H groups in total. The highest BCUT2D eigenvalue weighted by molar-refractivity contribution is 7.17. The molecule has 0 bridgehead atoms. The van der Waals surface area contributed by atoms with E-state index in [4.69, 9.17) is 0 Å². The van der Waals surface area contributed by atoms with Crippen molar-refractivity contribution in [3.8, 4) is 15.6 Å². The first kappa shape index (κ1) is 23.2. The molecule has 0 unspecified atom stereocenters. The maximum Gasteiger partial charge on any atom is 0.341 e. The van der Waals surface area contributed by atoms with Crippen LogP contribution in [-0.4, -0.2) is 47.4 Å². The van der Waals surface area contributed by atoms with Crippen LogP contribution in [0.25, 0.3) is 21.2 Å². The van der Waals surface area contributed by atoms with E-state index in [2.05, 4.69) is 22.1 Å². The number of carboxylic acids is 1. The van der Waals surface area contributed by atoms with Crippen molar-refractivity contribution >= 4 is 34.7 Å². The maximum atomic E-state index is 13.5. The van der Waals surface area contributed by atoms with E-state index in [9.17, 15) is 14.7 Å². The highest BCUT2D eigenvalue weighted by atomic mass is 32.1. The Labute approximate surface area is 207 Å².